The molecule has 0 unspecified atom stereocenters. The summed E-state index contributed by atoms with van der Waals surface area (Å²) < 4.78 is 0. The SMILES string of the molecule is O=[N+]([O-])C12CN(Cc3ccccc3)CCC1(O)CCN(Cc1ccccc1)C2. The second-order valence-electron chi connectivity index (χ2n) is 8.21. The molecule has 0 aliphatic carbocycles. The summed E-state index contributed by atoms with van der Waals surface area (Å²) in [6.45, 7) is 3.25. The summed E-state index contributed by atoms with van der Waals surface area (Å²) in [5.74, 6) is 0. The first-order valence-corrected chi connectivity index (χ1v) is 9.90. The minimum Gasteiger partial charge on any atom is -0.382 e. The Morgan fingerprint density at radius 3 is 1.68 bits per heavy atom. The summed E-state index contributed by atoms with van der Waals surface area (Å²) in [7, 11) is 0. The molecule has 2 saturated heterocycles. The van der Waals surface area contributed by atoms with Crippen LogP contribution in [0, 0.1) is 10.1 Å². The zero-order valence-electron chi connectivity index (χ0n) is 16.0. The molecule has 2 aromatic carbocycles. The Labute approximate surface area is 165 Å². The Morgan fingerprint density at radius 2 is 1.29 bits per heavy atom. The van der Waals surface area contributed by atoms with E-state index in [1.165, 1.54) is 0 Å². The van der Waals surface area contributed by atoms with Gasteiger partial charge in [-0.25, -0.2) is 0 Å². The molecule has 6 nitrogen and oxygen atoms in total. The van der Waals surface area contributed by atoms with Crippen molar-refractivity contribution in [2.75, 3.05) is 26.2 Å². The molecule has 2 heterocycles. The number of hydrogen-bond acceptors (Lipinski definition) is 5. The van der Waals surface area contributed by atoms with E-state index in [0.29, 0.717) is 39.0 Å². The van der Waals surface area contributed by atoms with Crippen molar-refractivity contribution in [2.45, 2.75) is 37.1 Å². The van der Waals surface area contributed by atoms with E-state index in [9.17, 15) is 15.2 Å². The van der Waals surface area contributed by atoms with Crippen LogP contribution in [-0.2, 0) is 13.1 Å². The smallest absolute Gasteiger partial charge is 0.275 e. The Bertz CT molecular complexity index is 757. The summed E-state index contributed by atoms with van der Waals surface area (Å²) in [6.07, 6.45) is 0.889. The Morgan fingerprint density at radius 1 is 0.857 bits per heavy atom. The molecular formula is C22H27N3O3. The monoisotopic (exact) mass is 381 g/mol. The van der Waals surface area contributed by atoms with E-state index in [1.807, 2.05) is 60.7 Å². The molecule has 0 aromatic heterocycles. The van der Waals surface area contributed by atoms with Gasteiger partial charge >= 0.3 is 0 Å². The number of fused-ring (bicyclic) bond motifs is 1. The van der Waals surface area contributed by atoms with Crippen LogP contribution in [0.25, 0.3) is 0 Å². The van der Waals surface area contributed by atoms with Crippen molar-refractivity contribution in [3.8, 4) is 0 Å². The van der Waals surface area contributed by atoms with Gasteiger partial charge in [0, 0.05) is 31.1 Å². The number of rotatable bonds is 5. The molecule has 0 spiro atoms. The van der Waals surface area contributed by atoms with E-state index >= 15 is 0 Å². The maximum atomic E-state index is 12.3. The average molecular weight is 381 g/mol. The molecule has 28 heavy (non-hydrogen) atoms. The van der Waals surface area contributed by atoms with Gasteiger partial charge in [0.1, 0.15) is 5.60 Å². The first-order chi connectivity index (χ1) is 13.5. The molecule has 148 valence electrons. The van der Waals surface area contributed by atoms with Gasteiger partial charge in [-0.3, -0.25) is 19.9 Å². The predicted octanol–water partition coefficient (Wildman–Crippen LogP) is 2.54. The number of benzene rings is 2. The van der Waals surface area contributed by atoms with Crippen LogP contribution in [0.2, 0.25) is 0 Å². The van der Waals surface area contributed by atoms with Crippen LogP contribution < -0.4 is 0 Å². The fourth-order valence-corrected chi connectivity index (χ4v) is 4.76. The van der Waals surface area contributed by atoms with Gasteiger partial charge in [-0.15, -0.1) is 0 Å². The Hall–Kier alpha value is -2.28. The normalized spacial score (nSPS) is 28.6. The molecular weight excluding hydrogens is 354 g/mol. The van der Waals surface area contributed by atoms with Crippen LogP contribution in [0.5, 0.6) is 0 Å². The van der Waals surface area contributed by atoms with E-state index in [0.717, 1.165) is 11.1 Å². The number of nitro groups is 1. The van der Waals surface area contributed by atoms with Gasteiger partial charge in [-0.2, -0.15) is 0 Å². The number of piperidine rings is 2. The minimum atomic E-state index is -1.35. The van der Waals surface area contributed by atoms with Crippen LogP contribution in [0.4, 0.5) is 0 Å². The number of aliphatic hydroxyl groups is 1. The molecule has 6 heteroatoms. The van der Waals surface area contributed by atoms with E-state index in [1.54, 1.807) is 0 Å². The van der Waals surface area contributed by atoms with Gasteiger partial charge in [-0.05, 0) is 24.0 Å². The molecule has 4 rings (SSSR count). The van der Waals surface area contributed by atoms with Crippen LogP contribution >= 0.6 is 0 Å². The lowest BCUT2D eigenvalue weighted by Crippen LogP contribution is -2.75. The zero-order chi connectivity index (χ0) is 19.6. The topological polar surface area (TPSA) is 69.8 Å². The summed E-state index contributed by atoms with van der Waals surface area (Å²) in [4.78, 5) is 16.3. The summed E-state index contributed by atoms with van der Waals surface area (Å²) in [5, 5.41) is 23.6. The van der Waals surface area contributed by atoms with Crippen LogP contribution in [0.15, 0.2) is 60.7 Å². The van der Waals surface area contributed by atoms with Crippen molar-refractivity contribution in [3.63, 3.8) is 0 Å². The van der Waals surface area contributed by atoms with Gasteiger partial charge < -0.3 is 5.11 Å². The van der Waals surface area contributed by atoms with Gasteiger partial charge in [0.2, 0.25) is 0 Å². The summed E-state index contributed by atoms with van der Waals surface area (Å²) >= 11 is 0. The highest BCUT2D eigenvalue weighted by Gasteiger charge is 2.65. The van der Waals surface area contributed by atoms with E-state index in [-0.39, 0.29) is 18.0 Å². The molecule has 2 aliphatic rings. The van der Waals surface area contributed by atoms with Gasteiger partial charge in [-0.1, -0.05) is 60.7 Å². The Balaban J connectivity index is 1.55. The molecule has 0 amide bonds. The first-order valence-electron chi connectivity index (χ1n) is 9.90. The second kappa shape index (κ2) is 7.62. The minimum absolute atomic E-state index is 0.207. The van der Waals surface area contributed by atoms with E-state index < -0.39 is 11.1 Å². The zero-order valence-corrected chi connectivity index (χ0v) is 16.0. The predicted molar refractivity (Wildman–Crippen MR) is 107 cm³/mol. The summed E-state index contributed by atoms with van der Waals surface area (Å²) in [5.41, 5.74) is -0.309. The highest BCUT2D eigenvalue weighted by molar-refractivity contribution is 5.18. The van der Waals surface area contributed by atoms with Crippen molar-refractivity contribution >= 4 is 0 Å². The highest BCUT2D eigenvalue weighted by atomic mass is 16.6. The lowest BCUT2D eigenvalue weighted by atomic mass is 9.69. The van der Waals surface area contributed by atoms with Crippen LogP contribution in [0.3, 0.4) is 0 Å². The lowest BCUT2D eigenvalue weighted by molar-refractivity contribution is -0.604. The van der Waals surface area contributed by atoms with Crippen molar-refractivity contribution in [1.82, 2.24) is 9.80 Å². The standard InChI is InChI=1S/C22H27N3O3/c26-22-11-13-23(15-19-7-3-1-4-8-19)17-21(22,25(27)28)18-24(14-12-22)16-20-9-5-2-6-10-20/h1-10,26H,11-18H2. The maximum absolute atomic E-state index is 12.3. The van der Waals surface area contributed by atoms with Crippen molar-refractivity contribution in [1.29, 1.82) is 0 Å². The van der Waals surface area contributed by atoms with E-state index in [2.05, 4.69) is 9.80 Å². The number of likely N-dealkylation sites (tertiary alicyclic amines) is 2. The molecule has 2 aromatic rings. The molecule has 2 aliphatic heterocycles. The number of nitrogens with zero attached hydrogens (tertiary/aromatic N) is 3. The third-order valence-electron chi connectivity index (χ3n) is 6.37. The van der Waals surface area contributed by atoms with Crippen molar-refractivity contribution in [2.24, 2.45) is 0 Å². The highest BCUT2D eigenvalue weighted by Crippen LogP contribution is 2.41. The molecule has 0 saturated carbocycles. The van der Waals surface area contributed by atoms with Gasteiger partial charge in [0.25, 0.3) is 5.54 Å². The molecule has 1 N–H and O–H groups in total. The molecule has 0 radical (unpaired) electrons. The third-order valence-corrected chi connectivity index (χ3v) is 6.37. The van der Waals surface area contributed by atoms with E-state index in [4.69, 9.17) is 0 Å². The van der Waals surface area contributed by atoms with Crippen LogP contribution in [-0.4, -0.2) is 57.1 Å². The van der Waals surface area contributed by atoms with Crippen LogP contribution in [0.1, 0.15) is 24.0 Å². The summed E-state index contributed by atoms with van der Waals surface area (Å²) in [6, 6.07) is 20.1. The quantitative estimate of drug-likeness (QED) is 0.637. The molecule has 0 bridgehead atoms. The Kier molecular flexibility index (Phi) is 5.19. The average Bonchev–Trinajstić information content (AvgIpc) is 2.70. The van der Waals surface area contributed by atoms with Crippen molar-refractivity contribution in [3.05, 3.63) is 81.9 Å². The molecule has 0 atom stereocenters. The molecule has 2 fully saturated rings. The fraction of sp³-hybridized carbons (Fsp3) is 0.455. The second-order valence-corrected chi connectivity index (χ2v) is 8.21. The third kappa shape index (κ3) is 3.55. The lowest BCUT2D eigenvalue weighted by Gasteiger charge is -2.52. The van der Waals surface area contributed by atoms with Crippen molar-refractivity contribution < 1.29 is 10.0 Å². The number of hydrogen-bond donors (Lipinski definition) is 1. The fourth-order valence-electron chi connectivity index (χ4n) is 4.76. The van der Waals surface area contributed by atoms with Gasteiger partial charge in [0.15, 0.2) is 0 Å². The first kappa shape index (κ1) is 19.1. The maximum Gasteiger partial charge on any atom is 0.275 e. The van der Waals surface area contributed by atoms with Gasteiger partial charge in [0.05, 0.1) is 13.1 Å². The largest absolute Gasteiger partial charge is 0.382 e.